The van der Waals surface area contributed by atoms with E-state index in [1.54, 1.807) is 7.11 Å². The molecule has 2 N–H and O–H groups in total. The van der Waals surface area contributed by atoms with E-state index < -0.39 is 0 Å². The largest absolute Gasteiger partial charge is 0.497 e. The molecule has 1 atom stereocenters. The number of aromatic amines is 1. The number of nitrogens with zero attached hydrogens (tertiary/aromatic N) is 2. The van der Waals surface area contributed by atoms with E-state index >= 15 is 0 Å². The molecule has 1 amide bonds. The zero-order valence-electron chi connectivity index (χ0n) is 14.5. The Hall–Kier alpha value is -2.15. The van der Waals surface area contributed by atoms with Crippen LogP contribution < -0.4 is 10.1 Å². The predicted molar refractivity (Wildman–Crippen MR) is 95.5 cm³/mol. The lowest BCUT2D eigenvalue weighted by atomic mass is 10.0. The van der Waals surface area contributed by atoms with Gasteiger partial charge in [0.1, 0.15) is 5.75 Å². The van der Waals surface area contributed by atoms with Crippen LogP contribution in [0.5, 0.6) is 5.75 Å². The highest BCUT2D eigenvalue weighted by Gasteiger charge is 2.23. The van der Waals surface area contributed by atoms with E-state index in [-0.39, 0.29) is 17.9 Å². The molecule has 24 heavy (non-hydrogen) atoms. The summed E-state index contributed by atoms with van der Waals surface area (Å²) in [7, 11) is 1.62. The van der Waals surface area contributed by atoms with Gasteiger partial charge in [-0.25, -0.2) is 0 Å². The zero-order chi connectivity index (χ0) is 17.7. The molecule has 0 radical (unpaired) electrons. The van der Waals surface area contributed by atoms with Crippen LogP contribution in [0.25, 0.3) is 0 Å². The molecule has 0 bridgehead atoms. The average molecular weight is 348 g/mol. The Morgan fingerprint density at radius 2 is 2.04 bits per heavy atom. The van der Waals surface area contributed by atoms with E-state index in [4.69, 9.17) is 17.0 Å². The van der Waals surface area contributed by atoms with Crippen molar-refractivity contribution in [3.05, 3.63) is 40.4 Å². The molecule has 1 unspecified atom stereocenters. The predicted octanol–water partition coefficient (Wildman–Crippen LogP) is 3.03. The standard InChI is InChI=1S/C17H24N4O2S/c1-5-21-16(19-20-17(21)24)15(11(2)3)18-14(22)10-12-6-8-13(23-4)9-7-12/h6-9,11,15H,5,10H2,1-4H3,(H,18,22)(H,20,24). The topological polar surface area (TPSA) is 71.9 Å². The van der Waals surface area contributed by atoms with Gasteiger partial charge in [-0.3, -0.25) is 9.89 Å². The summed E-state index contributed by atoms with van der Waals surface area (Å²) in [5, 5.41) is 10.2. The van der Waals surface area contributed by atoms with Crippen LogP contribution in [0.4, 0.5) is 0 Å². The maximum atomic E-state index is 12.4. The molecule has 2 aromatic rings. The summed E-state index contributed by atoms with van der Waals surface area (Å²) in [5.74, 6) is 1.69. The summed E-state index contributed by atoms with van der Waals surface area (Å²) in [5.41, 5.74) is 0.935. The molecular formula is C17H24N4O2S. The van der Waals surface area contributed by atoms with Gasteiger partial charge in [0.25, 0.3) is 0 Å². The maximum Gasteiger partial charge on any atom is 0.225 e. The SMILES string of the molecule is CCn1c(C(NC(=O)Cc2ccc(OC)cc2)C(C)C)n[nH]c1=S. The van der Waals surface area contributed by atoms with E-state index in [2.05, 4.69) is 29.4 Å². The van der Waals surface area contributed by atoms with Gasteiger partial charge in [-0.2, -0.15) is 5.10 Å². The minimum atomic E-state index is -0.191. The fourth-order valence-corrected chi connectivity index (χ4v) is 2.82. The van der Waals surface area contributed by atoms with Crippen LogP contribution in [0.15, 0.2) is 24.3 Å². The molecule has 0 aliphatic carbocycles. The van der Waals surface area contributed by atoms with Gasteiger partial charge >= 0.3 is 0 Å². The monoisotopic (exact) mass is 348 g/mol. The van der Waals surface area contributed by atoms with Crippen molar-refractivity contribution >= 4 is 18.1 Å². The molecule has 2 rings (SSSR count). The first-order chi connectivity index (χ1) is 11.5. The smallest absolute Gasteiger partial charge is 0.225 e. The number of H-pyrrole nitrogens is 1. The van der Waals surface area contributed by atoms with Crippen molar-refractivity contribution in [2.75, 3.05) is 7.11 Å². The number of rotatable bonds is 7. The molecule has 0 aliphatic heterocycles. The van der Waals surface area contributed by atoms with E-state index in [0.29, 0.717) is 17.7 Å². The van der Waals surface area contributed by atoms with Crippen LogP contribution in [0.3, 0.4) is 0 Å². The molecule has 1 heterocycles. The minimum absolute atomic E-state index is 0.0459. The van der Waals surface area contributed by atoms with Crippen molar-refractivity contribution in [1.82, 2.24) is 20.1 Å². The van der Waals surface area contributed by atoms with Crippen LogP contribution in [0.1, 0.15) is 38.2 Å². The van der Waals surface area contributed by atoms with E-state index in [1.165, 1.54) is 0 Å². The quantitative estimate of drug-likeness (QED) is 0.755. The highest BCUT2D eigenvalue weighted by Crippen LogP contribution is 2.20. The first-order valence-corrected chi connectivity index (χ1v) is 8.44. The van der Waals surface area contributed by atoms with Crippen molar-refractivity contribution in [2.45, 2.75) is 39.8 Å². The Kier molecular flexibility index (Phi) is 6.14. The Balaban J connectivity index is 2.12. The number of hydrogen-bond donors (Lipinski definition) is 2. The second kappa shape index (κ2) is 8.10. The number of amides is 1. The third-order valence-corrected chi connectivity index (χ3v) is 4.20. The molecule has 130 valence electrons. The lowest BCUT2D eigenvalue weighted by Gasteiger charge is -2.22. The van der Waals surface area contributed by atoms with Crippen molar-refractivity contribution in [3.63, 3.8) is 0 Å². The molecule has 1 aromatic carbocycles. The third kappa shape index (κ3) is 4.23. The molecule has 0 saturated carbocycles. The number of carbonyl (C=O) groups is 1. The number of aromatic nitrogens is 3. The number of carbonyl (C=O) groups excluding carboxylic acids is 1. The van der Waals surface area contributed by atoms with Gasteiger partial charge in [0.15, 0.2) is 10.6 Å². The molecule has 0 spiro atoms. The van der Waals surface area contributed by atoms with Crippen molar-refractivity contribution in [2.24, 2.45) is 5.92 Å². The minimum Gasteiger partial charge on any atom is -0.497 e. The van der Waals surface area contributed by atoms with Gasteiger partial charge in [0.05, 0.1) is 19.6 Å². The summed E-state index contributed by atoms with van der Waals surface area (Å²) in [6.07, 6.45) is 0.310. The van der Waals surface area contributed by atoms with Crippen LogP contribution in [-0.4, -0.2) is 27.8 Å². The van der Waals surface area contributed by atoms with Crippen molar-refractivity contribution in [1.29, 1.82) is 0 Å². The van der Waals surface area contributed by atoms with Gasteiger partial charge in [0.2, 0.25) is 5.91 Å². The van der Waals surface area contributed by atoms with Crippen molar-refractivity contribution in [3.8, 4) is 5.75 Å². The number of ether oxygens (including phenoxy) is 1. The van der Waals surface area contributed by atoms with Gasteiger partial charge in [0, 0.05) is 6.54 Å². The summed E-state index contributed by atoms with van der Waals surface area (Å²) < 4.78 is 7.61. The zero-order valence-corrected chi connectivity index (χ0v) is 15.3. The normalized spacial score (nSPS) is 12.2. The van der Waals surface area contributed by atoms with E-state index in [1.807, 2.05) is 35.8 Å². The van der Waals surface area contributed by atoms with E-state index in [9.17, 15) is 4.79 Å². The number of nitrogens with one attached hydrogen (secondary N) is 2. The maximum absolute atomic E-state index is 12.4. The van der Waals surface area contributed by atoms with Gasteiger partial charge in [-0.05, 0) is 42.8 Å². The second-order valence-electron chi connectivity index (χ2n) is 5.95. The Morgan fingerprint density at radius 1 is 1.38 bits per heavy atom. The first kappa shape index (κ1) is 18.2. The summed E-state index contributed by atoms with van der Waals surface area (Å²) in [6, 6.07) is 7.30. The fourth-order valence-electron chi connectivity index (χ4n) is 2.56. The Morgan fingerprint density at radius 3 is 2.58 bits per heavy atom. The van der Waals surface area contributed by atoms with Crippen LogP contribution >= 0.6 is 12.2 Å². The molecule has 1 aromatic heterocycles. The van der Waals surface area contributed by atoms with Gasteiger partial charge in [-0.1, -0.05) is 26.0 Å². The molecule has 6 nitrogen and oxygen atoms in total. The molecular weight excluding hydrogens is 324 g/mol. The summed E-state index contributed by atoms with van der Waals surface area (Å²) in [4.78, 5) is 12.4. The number of methoxy groups -OCH3 is 1. The molecule has 0 fully saturated rings. The fraction of sp³-hybridized carbons (Fsp3) is 0.471. The van der Waals surface area contributed by atoms with Crippen LogP contribution in [-0.2, 0) is 17.8 Å². The van der Waals surface area contributed by atoms with Crippen LogP contribution in [0, 0.1) is 10.7 Å². The highest BCUT2D eigenvalue weighted by atomic mass is 32.1. The Bertz CT molecular complexity index is 734. The van der Waals surface area contributed by atoms with Gasteiger partial charge < -0.3 is 14.6 Å². The van der Waals surface area contributed by atoms with Gasteiger partial charge in [-0.15, -0.1) is 0 Å². The first-order valence-electron chi connectivity index (χ1n) is 8.03. The average Bonchev–Trinajstić information content (AvgIpc) is 2.93. The Labute approximate surface area is 147 Å². The second-order valence-corrected chi connectivity index (χ2v) is 6.33. The van der Waals surface area contributed by atoms with E-state index in [0.717, 1.165) is 17.1 Å². The highest BCUT2D eigenvalue weighted by molar-refractivity contribution is 7.71. The summed E-state index contributed by atoms with van der Waals surface area (Å²) in [6.45, 7) is 6.82. The number of benzene rings is 1. The lowest BCUT2D eigenvalue weighted by Crippen LogP contribution is -2.34. The van der Waals surface area contributed by atoms with Crippen LogP contribution in [0.2, 0.25) is 0 Å². The molecule has 0 aliphatic rings. The molecule has 7 heteroatoms. The lowest BCUT2D eigenvalue weighted by molar-refractivity contribution is -0.121. The third-order valence-electron chi connectivity index (χ3n) is 3.89. The van der Waals surface area contributed by atoms with Crippen molar-refractivity contribution < 1.29 is 9.53 Å². The number of hydrogen-bond acceptors (Lipinski definition) is 4. The molecule has 0 saturated heterocycles. The summed E-state index contributed by atoms with van der Waals surface area (Å²) >= 11 is 5.24.